The summed E-state index contributed by atoms with van der Waals surface area (Å²) < 4.78 is 2.55. The molecule has 2 atom stereocenters. The lowest BCUT2D eigenvalue weighted by molar-refractivity contribution is -0.138. The van der Waals surface area contributed by atoms with E-state index in [1.165, 1.54) is 0 Å². The van der Waals surface area contributed by atoms with Crippen molar-refractivity contribution in [1.29, 1.82) is 0 Å². The molecule has 27 heavy (non-hydrogen) atoms. The van der Waals surface area contributed by atoms with E-state index in [-0.39, 0.29) is 17.9 Å². The topological polar surface area (TPSA) is 57.2 Å². The molecule has 2 unspecified atom stereocenters. The number of hydrogen-bond acceptors (Lipinski definition) is 4. The SMILES string of the molecule is CCN(CC)C(C(=O)N1CCCC(c2n[nH]c(=S)n2C)C1)c1ccccc1. The van der Waals surface area contributed by atoms with Crippen LogP contribution in [0.15, 0.2) is 30.3 Å². The molecule has 1 N–H and O–H groups in total. The number of carbonyl (C=O) groups excluding carboxylic acids is 1. The second-order valence-corrected chi connectivity index (χ2v) is 7.49. The summed E-state index contributed by atoms with van der Waals surface area (Å²) in [5.41, 5.74) is 1.06. The first kappa shape index (κ1) is 19.8. The van der Waals surface area contributed by atoms with Gasteiger partial charge in [-0.15, -0.1) is 0 Å². The molecule has 7 heteroatoms. The van der Waals surface area contributed by atoms with Crippen LogP contribution in [0, 0.1) is 4.77 Å². The Bertz CT molecular complexity index is 811. The van der Waals surface area contributed by atoms with Gasteiger partial charge >= 0.3 is 0 Å². The summed E-state index contributed by atoms with van der Waals surface area (Å²) in [6, 6.07) is 9.88. The third-order valence-electron chi connectivity index (χ3n) is 5.54. The molecule has 1 aliphatic heterocycles. The number of piperidine rings is 1. The highest BCUT2D eigenvalue weighted by Crippen LogP contribution is 2.29. The Kier molecular flexibility index (Phi) is 6.44. The smallest absolute Gasteiger partial charge is 0.244 e. The summed E-state index contributed by atoms with van der Waals surface area (Å²) in [4.78, 5) is 17.8. The first-order chi connectivity index (χ1) is 13.1. The summed E-state index contributed by atoms with van der Waals surface area (Å²) >= 11 is 5.25. The Balaban J connectivity index is 1.85. The third-order valence-corrected chi connectivity index (χ3v) is 5.90. The lowest BCUT2D eigenvalue weighted by Gasteiger charge is -2.37. The average Bonchev–Trinajstić information content (AvgIpc) is 3.05. The van der Waals surface area contributed by atoms with Gasteiger partial charge in [-0.3, -0.25) is 14.8 Å². The molecular weight excluding hydrogens is 358 g/mol. The van der Waals surface area contributed by atoms with Crippen LogP contribution in [0.4, 0.5) is 0 Å². The van der Waals surface area contributed by atoms with Gasteiger partial charge < -0.3 is 9.47 Å². The van der Waals surface area contributed by atoms with Crippen LogP contribution < -0.4 is 0 Å². The van der Waals surface area contributed by atoms with E-state index in [2.05, 4.69) is 41.1 Å². The molecule has 1 fully saturated rings. The molecule has 6 nitrogen and oxygen atoms in total. The number of aromatic nitrogens is 3. The maximum atomic E-state index is 13.6. The average molecular weight is 388 g/mol. The molecule has 146 valence electrons. The Morgan fingerprint density at radius 3 is 2.63 bits per heavy atom. The van der Waals surface area contributed by atoms with Gasteiger partial charge in [0.05, 0.1) is 0 Å². The van der Waals surface area contributed by atoms with E-state index < -0.39 is 0 Å². The molecule has 0 radical (unpaired) electrons. The van der Waals surface area contributed by atoms with E-state index in [9.17, 15) is 4.79 Å². The number of aromatic amines is 1. The van der Waals surface area contributed by atoms with Crippen molar-refractivity contribution >= 4 is 18.1 Å². The zero-order valence-electron chi connectivity index (χ0n) is 16.4. The van der Waals surface area contributed by atoms with Crippen molar-refractivity contribution in [2.24, 2.45) is 7.05 Å². The fraction of sp³-hybridized carbons (Fsp3) is 0.550. The van der Waals surface area contributed by atoms with Gasteiger partial charge in [0.15, 0.2) is 4.77 Å². The molecule has 3 rings (SSSR count). The Morgan fingerprint density at radius 2 is 2.04 bits per heavy atom. The number of hydrogen-bond donors (Lipinski definition) is 1. The maximum absolute atomic E-state index is 13.6. The summed E-state index contributed by atoms with van der Waals surface area (Å²) in [5, 5.41) is 7.27. The van der Waals surface area contributed by atoms with Crippen LogP contribution in [-0.4, -0.2) is 56.7 Å². The highest BCUT2D eigenvalue weighted by atomic mass is 32.1. The monoisotopic (exact) mass is 387 g/mol. The quantitative estimate of drug-likeness (QED) is 0.773. The largest absolute Gasteiger partial charge is 0.340 e. The van der Waals surface area contributed by atoms with E-state index in [1.54, 1.807) is 0 Å². The minimum Gasteiger partial charge on any atom is -0.340 e. The zero-order chi connectivity index (χ0) is 19.4. The number of H-pyrrole nitrogens is 1. The third kappa shape index (κ3) is 4.14. The fourth-order valence-corrected chi connectivity index (χ4v) is 4.16. The molecule has 2 heterocycles. The Labute approximate surface area is 166 Å². The number of carbonyl (C=O) groups is 1. The van der Waals surface area contributed by atoms with E-state index in [4.69, 9.17) is 12.2 Å². The standard InChI is InChI=1S/C20H29N5OS/c1-4-24(5-2)17(15-10-7-6-8-11-15)19(26)25-13-9-12-16(14-25)18-21-22-20(27)23(18)3/h6-8,10-11,16-17H,4-5,9,12-14H2,1-3H3,(H,22,27). The number of nitrogens with zero attached hydrogens (tertiary/aromatic N) is 4. The predicted molar refractivity (Wildman–Crippen MR) is 109 cm³/mol. The number of likely N-dealkylation sites (N-methyl/N-ethyl adjacent to an activating group) is 1. The molecular formula is C20H29N5OS. The molecule has 1 aliphatic rings. The van der Waals surface area contributed by atoms with Crippen molar-refractivity contribution < 1.29 is 4.79 Å². The molecule has 1 aromatic carbocycles. The number of benzene rings is 1. The fourth-order valence-electron chi connectivity index (χ4n) is 4.02. The number of nitrogens with one attached hydrogen (secondary N) is 1. The van der Waals surface area contributed by atoms with E-state index in [0.29, 0.717) is 11.3 Å². The highest BCUT2D eigenvalue weighted by Gasteiger charge is 2.34. The summed E-state index contributed by atoms with van der Waals surface area (Å²) in [6.45, 7) is 7.40. The number of likely N-dealkylation sites (tertiary alicyclic amines) is 1. The van der Waals surface area contributed by atoms with Crippen molar-refractivity contribution in [3.63, 3.8) is 0 Å². The van der Waals surface area contributed by atoms with E-state index in [1.807, 2.05) is 34.7 Å². The predicted octanol–water partition coefficient (Wildman–Crippen LogP) is 3.27. The lowest BCUT2D eigenvalue weighted by atomic mass is 9.95. The van der Waals surface area contributed by atoms with Gasteiger partial charge in [-0.05, 0) is 43.7 Å². The molecule has 2 aromatic rings. The molecule has 0 spiro atoms. The second-order valence-electron chi connectivity index (χ2n) is 7.10. The van der Waals surface area contributed by atoms with Gasteiger partial charge in [0.1, 0.15) is 11.9 Å². The van der Waals surface area contributed by atoms with Crippen LogP contribution in [0.2, 0.25) is 0 Å². The molecule has 1 saturated heterocycles. The van der Waals surface area contributed by atoms with Crippen molar-refractivity contribution in [2.45, 2.75) is 38.6 Å². The zero-order valence-corrected chi connectivity index (χ0v) is 17.2. The molecule has 0 aliphatic carbocycles. The summed E-state index contributed by atoms with van der Waals surface area (Å²) in [7, 11) is 1.94. The minimum absolute atomic E-state index is 0.186. The summed E-state index contributed by atoms with van der Waals surface area (Å²) in [6.07, 6.45) is 2.01. The van der Waals surface area contributed by atoms with Gasteiger partial charge in [-0.2, -0.15) is 5.10 Å². The molecule has 0 saturated carbocycles. The van der Waals surface area contributed by atoms with Crippen molar-refractivity contribution in [3.8, 4) is 0 Å². The van der Waals surface area contributed by atoms with Crippen LogP contribution in [0.1, 0.15) is 50.0 Å². The van der Waals surface area contributed by atoms with Gasteiger partial charge in [-0.1, -0.05) is 44.2 Å². The van der Waals surface area contributed by atoms with E-state index in [0.717, 1.165) is 43.9 Å². The first-order valence-electron chi connectivity index (χ1n) is 9.75. The minimum atomic E-state index is -0.234. The number of rotatable bonds is 6. The van der Waals surface area contributed by atoms with Gasteiger partial charge in [0.25, 0.3) is 0 Å². The molecule has 1 amide bonds. The van der Waals surface area contributed by atoms with Crippen LogP contribution in [0.5, 0.6) is 0 Å². The normalized spacial score (nSPS) is 18.7. The van der Waals surface area contributed by atoms with Crippen LogP contribution in [0.3, 0.4) is 0 Å². The lowest BCUT2D eigenvalue weighted by Crippen LogP contribution is -2.46. The van der Waals surface area contributed by atoms with E-state index >= 15 is 0 Å². The van der Waals surface area contributed by atoms with Crippen molar-refractivity contribution in [2.75, 3.05) is 26.2 Å². The Morgan fingerprint density at radius 1 is 1.33 bits per heavy atom. The summed E-state index contributed by atoms with van der Waals surface area (Å²) in [5.74, 6) is 1.34. The number of amides is 1. The first-order valence-corrected chi connectivity index (χ1v) is 10.2. The molecule has 1 aromatic heterocycles. The van der Waals surface area contributed by atoms with Crippen LogP contribution in [-0.2, 0) is 11.8 Å². The molecule has 0 bridgehead atoms. The maximum Gasteiger partial charge on any atom is 0.244 e. The van der Waals surface area contributed by atoms with Crippen molar-refractivity contribution in [3.05, 3.63) is 46.5 Å². The van der Waals surface area contributed by atoms with Crippen LogP contribution >= 0.6 is 12.2 Å². The van der Waals surface area contributed by atoms with Gasteiger partial charge in [-0.25, -0.2) is 0 Å². The Hall–Kier alpha value is -1.99. The van der Waals surface area contributed by atoms with Gasteiger partial charge in [0, 0.05) is 26.1 Å². The second kappa shape index (κ2) is 8.80. The van der Waals surface area contributed by atoms with Crippen LogP contribution in [0.25, 0.3) is 0 Å². The van der Waals surface area contributed by atoms with Crippen molar-refractivity contribution in [1.82, 2.24) is 24.6 Å². The highest BCUT2D eigenvalue weighted by molar-refractivity contribution is 7.71. The van der Waals surface area contributed by atoms with Gasteiger partial charge in [0.2, 0.25) is 5.91 Å².